The molecule has 4 aliphatic rings. The van der Waals surface area contributed by atoms with E-state index in [0.717, 1.165) is 55.8 Å². The van der Waals surface area contributed by atoms with Crippen molar-refractivity contribution in [3.8, 4) is 0 Å². The van der Waals surface area contributed by atoms with Crippen LogP contribution in [-0.2, 0) is 16.4 Å². The van der Waals surface area contributed by atoms with Crippen molar-refractivity contribution in [2.45, 2.75) is 68.7 Å². The van der Waals surface area contributed by atoms with Gasteiger partial charge in [-0.25, -0.2) is 21.9 Å². The second-order valence-corrected chi connectivity index (χ2v) is 14.6. The molecule has 3 N–H and O–H groups in total. The van der Waals surface area contributed by atoms with Crippen molar-refractivity contribution in [3.63, 3.8) is 0 Å². The molecule has 0 unspecified atom stereocenters. The number of sulfonamides is 1. The van der Waals surface area contributed by atoms with E-state index in [1.165, 1.54) is 18.9 Å². The van der Waals surface area contributed by atoms with Crippen molar-refractivity contribution in [1.82, 2.24) is 4.72 Å². The molecular formula is C31H41F2N5O4S. The summed E-state index contributed by atoms with van der Waals surface area (Å²) in [7, 11) is -1.91. The van der Waals surface area contributed by atoms with Crippen molar-refractivity contribution >= 4 is 38.7 Å². The van der Waals surface area contributed by atoms with Gasteiger partial charge in [-0.05, 0) is 80.3 Å². The molecule has 3 heterocycles. The number of likely N-dealkylation sites (N-methyl/N-ethyl adjacent to an activating group) is 1. The molecular weight excluding hydrogens is 576 g/mol. The Labute approximate surface area is 252 Å². The first-order valence-electron chi connectivity index (χ1n) is 15.2. The van der Waals surface area contributed by atoms with Crippen molar-refractivity contribution in [1.29, 1.82) is 0 Å². The van der Waals surface area contributed by atoms with Crippen molar-refractivity contribution in [3.05, 3.63) is 41.5 Å². The van der Waals surface area contributed by atoms with Crippen molar-refractivity contribution in [2.24, 2.45) is 5.41 Å². The summed E-state index contributed by atoms with van der Waals surface area (Å²) in [5.74, 6) is -3.00. The Morgan fingerprint density at radius 1 is 0.953 bits per heavy atom. The molecule has 2 saturated heterocycles. The number of amides is 1. The summed E-state index contributed by atoms with van der Waals surface area (Å²) < 4.78 is 56.6. The lowest BCUT2D eigenvalue weighted by atomic mass is 9.93. The largest absolute Gasteiger partial charge is 0.395 e. The van der Waals surface area contributed by atoms with Crippen LogP contribution in [-0.4, -0.2) is 77.8 Å². The lowest BCUT2D eigenvalue weighted by Crippen LogP contribution is -2.40. The SMILES string of the molecule is C[C@H](CO)NS(=O)(=O)c1ccc(NC(=O)c2cc3c(c(N4CCC(F)(F)CC4)c2)N(C)CC3)c(N2CCC3(CC2)CC3)c1. The fraction of sp³-hybridized carbons (Fsp3) is 0.581. The fourth-order valence-electron chi connectivity index (χ4n) is 6.67. The molecule has 1 atom stereocenters. The monoisotopic (exact) mass is 617 g/mol. The lowest BCUT2D eigenvalue weighted by Gasteiger charge is -2.36. The number of benzene rings is 2. The molecule has 2 aromatic carbocycles. The highest BCUT2D eigenvalue weighted by atomic mass is 32.2. The van der Waals surface area contributed by atoms with E-state index in [1.807, 2.05) is 18.0 Å². The molecule has 1 amide bonds. The smallest absolute Gasteiger partial charge is 0.255 e. The van der Waals surface area contributed by atoms with Crippen LogP contribution in [0.25, 0.3) is 0 Å². The summed E-state index contributed by atoms with van der Waals surface area (Å²) >= 11 is 0. The minimum absolute atomic E-state index is 0.0669. The minimum atomic E-state index is -3.89. The zero-order chi connectivity index (χ0) is 30.6. The Balaban J connectivity index is 1.31. The topological polar surface area (TPSA) is 105 Å². The number of anilines is 4. The Morgan fingerprint density at radius 3 is 2.26 bits per heavy atom. The maximum atomic E-state index is 14.0. The van der Waals surface area contributed by atoms with Crippen LogP contribution in [0.3, 0.4) is 0 Å². The van der Waals surface area contributed by atoms with Gasteiger partial charge >= 0.3 is 0 Å². The van der Waals surface area contributed by atoms with Gasteiger partial charge < -0.3 is 25.1 Å². The van der Waals surface area contributed by atoms with Gasteiger partial charge in [0.25, 0.3) is 11.8 Å². The van der Waals surface area contributed by atoms with Crippen LogP contribution < -0.4 is 24.7 Å². The third kappa shape index (κ3) is 6.19. The van der Waals surface area contributed by atoms with Crippen LogP contribution in [0.2, 0.25) is 0 Å². The summed E-state index contributed by atoms with van der Waals surface area (Å²) in [5, 5.41) is 12.4. The summed E-state index contributed by atoms with van der Waals surface area (Å²) in [6.07, 6.45) is 4.82. The average Bonchev–Trinajstić information content (AvgIpc) is 3.63. The number of carbonyl (C=O) groups is 1. The molecule has 1 aliphatic carbocycles. The highest BCUT2D eigenvalue weighted by Crippen LogP contribution is 2.54. The van der Waals surface area contributed by atoms with E-state index in [9.17, 15) is 27.1 Å². The number of aliphatic hydroxyl groups is 1. The molecule has 1 saturated carbocycles. The van der Waals surface area contributed by atoms with E-state index in [1.54, 1.807) is 25.1 Å². The van der Waals surface area contributed by atoms with Gasteiger partial charge in [-0.3, -0.25) is 4.79 Å². The quantitative estimate of drug-likeness (QED) is 0.408. The molecule has 0 radical (unpaired) electrons. The zero-order valence-electron chi connectivity index (χ0n) is 24.8. The van der Waals surface area contributed by atoms with Crippen LogP contribution in [0.5, 0.6) is 0 Å². The van der Waals surface area contributed by atoms with Gasteiger partial charge in [0, 0.05) is 64.2 Å². The molecule has 1 spiro atoms. The maximum Gasteiger partial charge on any atom is 0.255 e. The number of piperidine rings is 2. The molecule has 2 aromatic rings. The van der Waals surface area contributed by atoms with Gasteiger partial charge in [0.1, 0.15) is 0 Å². The van der Waals surface area contributed by atoms with E-state index >= 15 is 0 Å². The van der Waals surface area contributed by atoms with Crippen LogP contribution in [0.15, 0.2) is 35.2 Å². The highest BCUT2D eigenvalue weighted by molar-refractivity contribution is 7.89. The lowest BCUT2D eigenvalue weighted by molar-refractivity contribution is -0.0220. The Hall–Kier alpha value is -2.96. The van der Waals surface area contributed by atoms with Gasteiger partial charge in [0.2, 0.25) is 10.0 Å². The number of nitrogens with one attached hydrogen (secondary N) is 2. The zero-order valence-corrected chi connectivity index (χ0v) is 25.7. The summed E-state index contributed by atoms with van der Waals surface area (Å²) in [4.78, 5) is 20.1. The van der Waals surface area contributed by atoms with E-state index in [-0.39, 0.29) is 43.3 Å². The highest BCUT2D eigenvalue weighted by Gasteiger charge is 2.44. The summed E-state index contributed by atoms with van der Waals surface area (Å²) in [6.45, 7) is 4.02. The van der Waals surface area contributed by atoms with E-state index in [0.29, 0.717) is 22.4 Å². The number of fused-ring (bicyclic) bond motifs is 1. The predicted molar refractivity (Wildman–Crippen MR) is 164 cm³/mol. The van der Waals surface area contributed by atoms with Gasteiger partial charge in [-0.15, -0.1) is 0 Å². The number of alkyl halides is 2. The van der Waals surface area contributed by atoms with Gasteiger partial charge in [0.05, 0.1) is 34.3 Å². The van der Waals surface area contributed by atoms with Crippen LogP contribution in [0.1, 0.15) is 61.4 Å². The summed E-state index contributed by atoms with van der Waals surface area (Å²) in [5.41, 5.74) is 4.81. The Kier molecular flexibility index (Phi) is 7.83. The van der Waals surface area contributed by atoms with E-state index in [2.05, 4.69) is 19.8 Å². The standard InChI is InChI=1S/C31H41F2N5O4S/c1-21(20-39)35-43(41,42)24-3-4-25(26(19-24)37-13-8-30(6-7-30)9-14-37)34-29(40)23-17-22-5-12-36(2)28(22)27(18-23)38-15-10-31(32,33)11-16-38/h3-4,17-19,21,35,39H,5-16,20H2,1-2H3,(H,34,40)/t21-/m1/s1. The Bertz CT molecular complexity index is 1490. The first kappa shape index (κ1) is 30.1. The number of hydrogen-bond donors (Lipinski definition) is 3. The molecule has 6 rings (SSSR count). The van der Waals surface area contributed by atoms with Gasteiger partial charge in [-0.1, -0.05) is 0 Å². The molecule has 3 aliphatic heterocycles. The number of nitrogens with zero attached hydrogens (tertiary/aromatic N) is 3. The normalized spacial score (nSPS) is 21.6. The molecule has 12 heteroatoms. The number of carbonyl (C=O) groups excluding carboxylic acids is 1. The third-order valence-electron chi connectivity index (χ3n) is 9.64. The maximum absolute atomic E-state index is 14.0. The van der Waals surface area contributed by atoms with Crippen LogP contribution in [0, 0.1) is 5.41 Å². The molecule has 234 valence electrons. The summed E-state index contributed by atoms with van der Waals surface area (Å²) in [6, 6.07) is 7.74. The van der Waals surface area contributed by atoms with E-state index in [4.69, 9.17) is 0 Å². The van der Waals surface area contributed by atoms with Gasteiger partial charge in [0.15, 0.2) is 0 Å². The van der Waals surface area contributed by atoms with Gasteiger partial charge in [-0.2, -0.15) is 0 Å². The van der Waals surface area contributed by atoms with Crippen LogP contribution in [0.4, 0.5) is 31.5 Å². The number of aliphatic hydroxyl groups excluding tert-OH is 1. The molecule has 0 aromatic heterocycles. The molecule has 9 nitrogen and oxygen atoms in total. The molecule has 43 heavy (non-hydrogen) atoms. The van der Waals surface area contributed by atoms with Crippen molar-refractivity contribution in [2.75, 3.05) is 66.4 Å². The predicted octanol–water partition coefficient (Wildman–Crippen LogP) is 4.21. The molecule has 0 bridgehead atoms. The average molecular weight is 618 g/mol. The number of hydrogen-bond acceptors (Lipinski definition) is 7. The van der Waals surface area contributed by atoms with Crippen LogP contribution >= 0.6 is 0 Å². The fourth-order valence-corrected chi connectivity index (χ4v) is 7.92. The number of halogens is 2. The third-order valence-corrected chi connectivity index (χ3v) is 11.2. The first-order chi connectivity index (χ1) is 20.4. The second-order valence-electron chi connectivity index (χ2n) is 12.8. The Morgan fingerprint density at radius 2 is 1.60 bits per heavy atom. The number of rotatable bonds is 8. The second kappa shape index (κ2) is 11.2. The van der Waals surface area contributed by atoms with Crippen molar-refractivity contribution < 1.29 is 27.1 Å². The molecule has 3 fully saturated rings. The minimum Gasteiger partial charge on any atom is -0.395 e. The first-order valence-corrected chi connectivity index (χ1v) is 16.7. The van der Waals surface area contributed by atoms with E-state index < -0.39 is 22.0 Å².